The van der Waals surface area contributed by atoms with Gasteiger partial charge < -0.3 is 20.7 Å². The van der Waals surface area contributed by atoms with E-state index in [0.717, 1.165) is 11.8 Å². The van der Waals surface area contributed by atoms with E-state index >= 15 is 0 Å². The van der Waals surface area contributed by atoms with Crippen molar-refractivity contribution < 1.29 is 44.6 Å². The van der Waals surface area contributed by atoms with Crippen molar-refractivity contribution in [3.8, 4) is 0 Å². The first-order valence-electron chi connectivity index (χ1n) is 3.51. The van der Waals surface area contributed by atoms with Gasteiger partial charge in [0.15, 0.2) is 0 Å². The second-order valence-electron chi connectivity index (χ2n) is 2.33. The second kappa shape index (κ2) is 6.31. The molecular formula is C8H8NNaO3S. The monoisotopic (exact) mass is 221 g/mol. The maximum absolute atomic E-state index is 10.2. The van der Waals surface area contributed by atoms with E-state index in [-0.39, 0.29) is 29.6 Å². The van der Waals surface area contributed by atoms with Crippen molar-refractivity contribution in [1.29, 1.82) is 0 Å². The Bertz CT molecular complexity index is 321. The van der Waals surface area contributed by atoms with Crippen LogP contribution in [0.5, 0.6) is 0 Å². The van der Waals surface area contributed by atoms with Gasteiger partial charge in [-0.3, -0.25) is 0 Å². The molecule has 0 aliphatic rings. The van der Waals surface area contributed by atoms with Gasteiger partial charge in [-0.25, -0.2) is 0 Å². The van der Waals surface area contributed by atoms with Crippen LogP contribution in [-0.4, -0.2) is 16.5 Å². The molecule has 0 saturated heterocycles. The van der Waals surface area contributed by atoms with E-state index in [9.17, 15) is 9.90 Å². The summed E-state index contributed by atoms with van der Waals surface area (Å²) in [5.41, 5.74) is 4.38. The van der Waals surface area contributed by atoms with Crippen LogP contribution in [0.15, 0.2) is 29.2 Å². The largest absolute Gasteiger partial charge is 1.00 e. The number of anilines is 1. The van der Waals surface area contributed by atoms with Gasteiger partial charge in [-0.2, -0.15) is 0 Å². The summed E-state index contributed by atoms with van der Waals surface area (Å²) in [6.07, 6.45) is 0. The number of hydrogen-bond donors (Lipinski definition) is 2. The molecule has 0 aliphatic heterocycles. The van der Waals surface area contributed by atoms with Gasteiger partial charge in [-0.1, -0.05) is 23.9 Å². The Morgan fingerprint density at radius 1 is 1.50 bits per heavy atom. The van der Waals surface area contributed by atoms with E-state index in [2.05, 4.69) is 0 Å². The first kappa shape index (κ1) is 13.8. The summed E-state index contributed by atoms with van der Waals surface area (Å²) in [5, 5.41) is 19.1. The number of carboxylic acid groups (broad SMARTS) is 1. The van der Waals surface area contributed by atoms with Crippen LogP contribution in [0.3, 0.4) is 0 Å². The molecule has 0 radical (unpaired) electrons. The summed E-state index contributed by atoms with van der Waals surface area (Å²) in [6.45, 7) is 0. The molecule has 0 aromatic heterocycles. The molecule has 0 amide bonds. The minimum absolute atomic E-state index is 0. The summed E-state index contributed by atoms with van der Waals surface area (Å²) >= 11 is 0.747. The summed E-state index contributed by atoms with van der Waals surface area (Å²) < 4.78 is 0. The zero-order valence-electron chi connectivity index (χ0n) is 7.64. The van der Waals surface area contributed by atoms with Gasteiger partial charge in [-0.05, 0) is 12.1 Å². The third-order valence-corrected chi connectivity index (χ3v) is 2.40. The molecule has 0 bridgehead atoms. The Morgan fingerprint density at radius 2 is 2.07 bits per heavy atom. The Kier molecular flexibility index (Phi) is 6.22. The van der Waals surface area contributed by atoms with Gasteiger partial charge in [0.2, 0.25) is 0 Å². The van der Waals surface area contributed by atoms with Gasteiger partial charge in [0.1, 0.15) is 5.44 Å². The van der Waals surface area contributed by atoms with Crippen LogP contribution in [-0.2, 0) is 4.79 Å². The minimum atomic E-state index is -1.58. The second-order valence-corrected chi connectivity index (χ2v) is 3.45. The summed E-state index contributed by atoms with van der Waals surface area (Å²) in [5.74, 6) is -1.52. The van der Waals surface area contributed by atoms with Gasteiger partial charge in [0.05, 0.1) is 5.97 Å². The first-order chi connectivity index (χ1) is 6.11. The van der Waals surface area contributed by atoms with Crippen LogP contribution in [0.25, 0.3) is 0 Å². The number of aliphatic hydroxyl groups excluding tert-OH is 1. The molecule has 0 aliphatic carbocycles. The molecule has 3 N–H and O–H groups in total. The van der Waals surface area contributed by atoms with Crippen molar-refractivity contribution in [3.63, 3.8) is 0 Å². The predicted molar refractivity (Wildman–Crippen MR) is 47.7 cm³/mol. The fourth-order valence-electron chi connectivity index (χ4n) is 0.756. The number of rotatable bonds is 3. The summed E-state index contributed by atoms with van der Waals surface area (Å²) in [6, 6.07) is 6.70. The molecule has 4 nitrogen and oxygen atoms in total. The standard InChI is InChI=1S/C8H9NO3S.Na/c9-5-3-1-2-4-6(5)13-8(12)7(10)11;/h1-4,8,12H,9H2,(H,10,11);/q;+1/p-1. The van der Waals surface area contributed by atoms with Crippen molar-refractivity contribution in [2.45, 2.75) is 10.3 Å². The van der Waals surface area contributed by atoms with Gasteiger partial charge in [0, 0.05) is 10.6 Å². The van der Waals surface area contributed by atoms with Crippen LogP contribution in [0.2, 0.25) is 0 Å². The topological polar surface area (TPSA) is 86.4 Å². The van der Waals surface area contributed by atoms with Crippen molar-refractivity contribution in [1.82, 2.24) is 0 Å². The number of nitrogen functional groups attached to an aromatic ring is 1. The number of hydrogen-bond acceptors (Lipinski definition) is 5. The van der Waals surface area contributed by atoms with Gasteiger partial charge in [0.25, 0.3) is 0 Å². The maximum Gasteiger partial charge on any atom is 1.00 e. The van der Waals surface area contributed by atoms with Crippen LogP contribution < -0.4 is 40.4 Å². The fourth-order valence-corrected chi connectivity index (χ4v) is 1.45. The number of carbonyl (C=O) groups is 1. The van der Waals surface area contributed by atoms with E-state index < -0.39 is 11.4 Å². The normalized spacial score (nSPS) is 11.5. The smallest absolute Gasteiger partial charge is 0.546 e. The molecule has 1 atom stereocenters. The van der Waals surface area contributed by atoms with Crippen molar-refractivity contribution in [3.05, 3.63) is 24.3 Å². The zero-order valence-corrected chi connectivity index (χ0v) is 10.5. The van der Waals surface area contributed by atoms with E-state index in [1.807, 2.05) is 0 Å². The van der Waals surface area contributed by atoms with Crippen molar-refractivity contribution in [2.24, 2.45) is 0 Å². The van der Waals surface area contributed by atoms with Crippen LogP contribution in [0.4, 0.5) is 5.69 Å². The van der Waals surface area contributed by atoms with E-state index in [0.29, 0.717) is 10.6 Å². The number of para-hydroxylation sites is 1. The fraction of sp³-hybridized carbons (Fsp3) is 0.125. The number of nitrogens with two attached hydrogens (primary N) is 1. The molecule has 1 rings (SSSR count). The molecular weight excluding hydrogens is 213 g/mol. The van der Waals surface area contributed by atoms with E-state index in [4.69, 9.17) is 10.8 Å². The Morgan fingerprint density at radius 3 is 2.57 bits per heavy atom. The first-order valence-corrected chi connectivity index (χ1v) is 4.39. The average molecular weight is 221 g/mol. The zero-order chi connectivity index (χ0) is 9.84. The van der Waals surface area contributed by atoms with Crippen LogP contribution in [0, 0.1) is 0 Å². The molecule has 1 aromatic rings. The predicted octanol–water partition coefficient (Wildman–Crippen LogP) is -3.57. The quantitative estimate of drug-likeness (QED) is 0.239. The number of aliphatic hydroxyl groups is 1. The Labute approximate surface area is 108 Å². The Hall–Kier alpha value is -0.200. The van der Waals surface area contributed by atoms with E-state index in [1.165, 1.54) is 0 Å². The number of thioether (sulfide) groups is 1. The molecule has 1 aromatic carbocycles. The molecule has 0 fully saturated rings. The Balaban J connectivity index is 0.00000169. The third kappa shape index (κ3) is 3.89. The molecule has 0 spiro atoms. The molecule has 0 heterocycles. The number of aliphatic carboxylic acids is 1. The summed E-state index contributed by atoms with van der Waals surface area (Å²) in [7, 11) is 0. The summed E-state index contributed by atoms with van der Waals surface area (Å²) in [4.78, 5) is 10.7. The van der Waals surface area contributed by atoms with Crippen molar-refractivity contribution >= 4 is 23.4 Å². The number of carboxylic acids is 1. The molecule has 0 saturated carbocycles. The molecule has 6 heteroatoms. The average Bonchev–Trinajstić information content (AvgIpc) is 2.08. The van der Waals surface area contributed by atoms with E-state index in [1.54, 1.807) is 24.3 Å². The van der Waals surface area contributed by atoms with Gasteiger partial charge in [-0.15, -0.1) is 0 Å². The maximum atomic E-state index is 10.2. The van der Waals surface area contributed by atoms with Crippen LogP contribution >= 0.6 is 11.8 Å². The van der Waals surface area contributed by atoms with Gasteiger partial charge >= 0.3 is 29.6 Å². The van der Waals surface area contributed by atoms with Crippen LogP contribution in [0.1, 0.15) is 0 Å². The van der Waals surface area contributed by atoms with Crippen molar-refractivity contribution in [2.75, 3.05) is 5.73 Å². The molecule has 14 heavy (non-hydrogen) atoms. The third-order valence-electron chi connectivity index (χ3n) is 1.36. The number of carbonyl (C=O) groups excluding carboxylic acids is 1. The number of benzene rings is 1. The molecule has 70 valence electrons. The SMILES string of the molecule is Nc1ccccc1SC(O)C(=O)[O-].[Na+]. The minimum Gasteiger partial charge on any atom is -0.546 e. The molecule has 1 unspecified atom stereocenters.